The highest BCUT2D eigenvalue weighted by Gasteiger charge is 2.12. The van der Waals surface area contributed by atoms with Gasteiger partial charge in [0.25, 0.3) is 0 Å². The van der Waals surface area contributed by atoms with Gasteiger partial charge >= 0.3 is 6.09 Å². The number of anilines is 2. The van der Waals surface area contributed by atoms with Gasteiger partial charge in [-0.1, -0.05) is 0 Å². The van der Waals surface area contributed by atoms with Crippen molar-refractivity contribution in [2.45, 2.75) is 19.4 Å². The van der Waals surface area contributed by atoms with E-state index in [-0.39, 0.29) is 5.91 Å². The van der Waals surface area contributed by atoms with Crippen LogP contribution in [0.2, 0.25) is 0 Å². The Morgan fingerprint density at radius 3 is 2.33 bits per heavy atom. The van der Waals surface area contributed by atoms with Crippen molar-refractivity contribution in [1.29, 1.82) is 0 Å². The highest BCUT2D eigenvalue weighted by Crippen LogP contribution is 2.14. The lowest BCUT2D eigenvalue weighted by atomic mass is 10.2. The maximum Gasteiger partial charge on any atom is 0.411 e. The standard InChI is InChI=1S/C14H21N3O3S/c1-3-20-14(19)17-11-6-4-10(5-7-11)16-13(18)12(15)8-9-21-2/h4-7,12H,3,8-9,15H2,1-2H3,(H,16,18)(H,17,19)/t12-/m0/s1. The van der Waals surface area contributed by atoms with Crippen LogP contribution in [0.4, 0.5) is 16.2 Å². The third-order valence-corrected chi connectivity index (χ3v) is 3.29. The van der Waals surface area contributed by atoms with Crippen LogP contribution in [0.3, 0.4) is 0 Å². The Hall–Kier alpha value is -1.73. The molecule has 2 amide bonds. The molecule has 1 aromatic carbocycles. The second kappa shape index (κ2) is 9.25. The molecule has 21 heavy (non-hydrogen) atoms. The predicted molar refractivity (Wildman–Crippen MR) is 86.7 cm³/mol. The smallest absolute Gasteiger partial charge is 0.411 e. The molecule has 0 spiro atoms. The van der Waals surface area contributed by atoms with Gasteiger partial charge < -0.3 is 15.8 Å². The lowest BCUT2D eigenvalue weighted by Gasteiger charge is -2.12. The number of nitrogens with two attached hydrogens (primary N) is 1. The maximum absolute atomic E-state index is 11.8. The first-order valence-electron chi connectivity index (χ1n) is 6.66. The van der Waals surface area contributed by atoms with E-state index in [9.17, 15) is 9.59 Å². The number of hydrogen-bond acceptors (Lipinski definition) is 5. The van der Waals surface area contributed by atoms with Gasteiger partial charge in [0.15, 0.2) is 0 Å². The molecule has 0 aliphatic carbocycles. The van der Waals surface area contributed by atoms with Gasteiger partial charge in [-0.2, -0.15) is 11.8 Å². The quantitative estimate of drug-likeness (QED) is 0.718. The molecule has 0 aliphatic heterocycles. The Balaban J connectivity index is 2.50. The summed E-state index contributed by atoms with van der Waals surface area (Å²) < 4.78 is 4.77. The average Bonchev–Trinajstić information content (AvgIpc) is 2.47. The van der Waals surface area contributed by atoms with Crippen molar-refractivity contribution < 1.29 is 14.3 Å². The Morgan fingerprint density at radius 1 is 1.24 bits per heavy atom. The van der Waals surface area contributed by atoms with Gasteiger partial charge in [-0.15, -0.1) is 0 Å². The Labute approximate surface area is 128 Å². The van der Waals surface area contributed by atoms with Gasteiger partial charge in [-0.25, -0.2) is 4.79 Å². The number of nitrogens with one attached hydrogen (secondary N) is 2. The molecule has 1 atom stereocenters. The number of thioether (sulfide) groups is 1. The zero-order chi connectivity index (χ0) is 15.7. The number of ether oxygens (including phenoxy) is 1. The SMILES string of the molecule is CCOC(=O)Nc1ccc(NC(=O)[C@@H](N)CCSC)cc1. The van der Waals surface area contributed by atoms with E-state index in [0.29, 0.717) is 24.4 Å². The average molecular weight is 311 g/mol. The fourth-order valence-electron chi connectivity index (χ4n) is 1.53. The minimum Gasteiger partial charge on any atom is -0.450 e. The molecule has 0 fully saturated rings. The molecular weight excluding hydrogens is 290 g/mol. The summed E-state index contributed by atoms with van der Waals surface area (Å²) in [7, 11) is 0. The second-order valence-electron chi connectivity index (χ2n) is 4.30. The molecule has 0 unspecified atom stereocenters. The Kier molecular flexibility index (Phi) is 7.63. The molecule has 6 nitrogen and oxygen atoms in total. The van der Waals surface area contributed by atoms with Crippen molar-refractivity contribution in [1.82, 2.24) is 0 Å². The Morgan fingerprint density at radius 2 is 1.81 bits per heavy atom. The zero-order valence-electron chi connectivity index (χ0n) is 12.2. The first kappa shape index (κ1) is 17.3. The predicted octanol–water partition coefficient (Wildman–Crippen LogP) is 2.27. The number of carbonyl (C=O) groups excluding carboxylic acids is 2. The van der Waals surface area contributed by atoms with Gasteiger partial charge in [-0.3, -0.25) is 10.1 Å². The summed E-state index contributed by atoms with van der Waals surface area (Å²) >= 11 is 1.65. The fourth-order valence-corrected chi connectivity index (χ4v) is 2.02. The monoisotopic (exact) mass is 311 g/mol. The molecule has 4 N–H and O–H groups in total. The molecular formula is C14H21N3O3S. The van der Waals surface area contributed by atoms with Crippen LogP contribution in [-0.4, -0.2) is 36.7 Å². The second-order valence-corrected chi connectivity index (χ2v) is 5.29. The van der Waals surface area contributed by atoms with E-state index in [4.69, 9.17) is 10.5 Å². The van der Waals surface area contributed by atoms with E-state index in [1.807, 2.05) is 6.26 Å². The van der Waals surface area contributed by atoms with Crippen molar-refractivity contribution in [2.75, 3.05) is 29.2 Å². The first-order chi connectivity index (χ1) is 10.1. The molecule has 0 aliphatic rings. The van der Waals surface area contributed by atoms with Crippen LogP contribution in [0.1, 0.15) is 13.3 Å². The van der Waals surface area contributed by atoms with Crippen molar-refractivity contribution in [3.8, 4) is 0 Å². The minimum absolute atomic E-state index is 0.213. The molecule has 1 aromatic rings. The molecule has 1 rings (SSSR count). The van der Waals surface area contributed by atoms with Gasteiger partial charge in [0.2, 0.25) is 5.91 Å². The number of hydrogen-bond donors (Lipinski definition) is 3. The van der Waals surface area contributed by atoms with Crippen molar-refractivity contribution in [2.24, 2.45) is 5.73 Å². The van der Waals surface area contributed by atoms with Crippen LogP contribution in [0.5, 0.6) is 0 Å². The molecule has 0 heterocycles. The van der Waals surface area contributed by atoms with Crippen LogP contribution in [0.15, 0.2) is 24.3 Å². The van der Waals surface area contributed by atoms with Crippen molar-refractivity contribution >= 4 is 35.1 Å². The van der Waals surface area contributed by atoms with Crippen molar-refractivity contribution in [3.63, 3.8) is 0 Å². The summed E-state index contributed by atoms with van der Waals surface area (Å²) in [6.45, 7) is 2.05. The van der Waals surface area contributed by atoms with Crippen LogP contribution < -0.4 is 16.4 Å². The number of carbonyl (C=O) groups is 2. The lowest BCUT2D eigenvalue weighted by Crippen LogP contribution is -2.36. The third-order valence-electron chi connectivity index (χ3n) is 2.64. The van der Waals surface area contributed by atoms with Crippen LogP contribution in [-0.2, 0) is 9.53 Å². The summed E-state index contributed by atoms with van der Waals surface area (Å²) in [5, 5.41) is 5.31. The van der Waals surface area contributed by atoms with E-state index >= 15 is 0 Å². The highest BCUT2D eigenvalue weighted by atomic mass is 32.2. The van der Waals surface area contributed by atoms with E-state index in [0.717, 1.165) is 5.75 Å². The summed E-state index contributed by atoms with van der Waals surface area (Å²) in [5.41, 5.74) is 7.01. The van der Waals surface area contributed by atoms with E-state index in [1.54, 1.807) is 43.0 Å². The minimum atomic E-state index is -0.519. The van der Waals surface area contributed by atoms with Crippen LogP contribution >= 0.6 is 11.8 Å². The lowest BCUT2D eigenvalue weighted by molar-refractivity contribution is -0.117. The normalized spacial score (nSPS) is 11.6. The largest absolute Gasteiger partial charge is 0.450 e. The molecule has 0 bridgehead atoms. The Bertz CT molecular complexity index is 465. The van der Waals surface area contributed by atoms with Crippen molar-refractivity contribution in [3.05, 3.63) is 24.3 Å². The molecule has 0 saturated heterocycles. The number of rotatable bonds is 7. The molecule has 116 valence electrons. The number of benzene rings is 1. The topological polar surface area (TPSA) is 93.5 Å². The van der Waals surface area contributed by atoms with E-state index < -0.39 is 12.1 Å². The fraction of sp³-hybridized carbons (Fsp3) is 0.429. The van der Waals surface area contributed by atoms with Gasteiger partial charge in [0.05, 0.1) is 12.6 Å². The summed E-state index contributed by atoms with van der Waals surface area (Å²) in [4.78, 5) is 23.1. The van der Waals surface area contributed by atoms with E-state index in [2.05, 4.69) is 10.6 Å². The van der Waals surface area contributed by atoms with Gasteiger partial charge in [-0.05, 0) is 49.6 Å². The summed E-state index contributed by atoms with van der Waals surface area (Å²) in [6, 6.07) is 6.23. The van der Waals surface area contributed by atoms with E-state index in [1.165, 1.54) is 0 Å². The van der Waals surface area contributed by atoms with Gasteiger partial charge in [0.1, 0.15) is 0 Å². The van der Waals surface area contributed by atoms with Crippen LogP contribution in [0, 0.1) is 0 Å². The summed E-state index contributed by atoms with van der Waals surface area (Å²) in [5.74, 6) is 0.631. The number of amides is 2. The summed E-state index contributed by atoms with van der Waals surface area (Å²) in [6.07, 6.45) is 2.10. The molecule has 0 radical (unpaired) electrons. The maximum atomic E-state index is 11.8. The third kappa shape index (κ3) is 6.50. The molecule has 0 saturated carbocycles. The molecule has 7 heteroatoms. The highest BCUT2D eigenvalue weighted by molar-refractivity contribution is 7.98. The van der Waals surface area contributed by atoms with Gasteiger partial charge in [0, 0.05) is 11.4 Å². The zero-order valence-corrected chi connectivity index (χ0v) is 13.0. The first-order valence-corrected chi connectivity index (χ1v) is 8.05. The van der Waals surface area contributed by atoms with Crippen LogP contribution in [0.25, 0.3) is 0 Å². The molecule has 0 aromatic heterocycles.